The fourth-order valence-corrected chi connectivity index (χ4v) is 2.52. The molecule has 1 fully saturated rings. The maximum Gasteiger partial charge on any atom is 0.313 e. The van der Waals surface area contributed by atoms with E-state index in [1.54, 1.807) is 0 Å². The Morgan fingerprint density at radius 2 is 2.31 bits per heavy atom. The molecule has 2 atom stereocenters. The maximum absolute atomic E-state index is 10.5. The van der Waals surface area contributed by atoms with Crippen molar-refractivity contribution in [2.75, 3.05) is 5.75 Å². The van der Waals surface area contributed by atoms with Gasteiger partial charge in [0.05, 0.1) is 5.75 Å². The van der Waals surface area contributed by atoms with Gasteiger partial charge < -0.3 is 9.67 Å². The zero-order valence-corrected chi connectivity index (χ0v) is 10.2. The van der Waals surface area contributed by atoms with Crippen LogP contribution in [0.15, 0.2) is 5.16 Å². The molecule has 0 aromatic carbocycles. The molecule has 6 heteroatoms. The molecule has 0 saturated heterocycles. The van der Waals surface area contributed by atoms with E-state index in [4.69, 9.17) is 5.11 Å². The van der Waals surface area contributed by atoms with Gasteiger partial charge in [-0.25, -0.2) is 0 Å². The van der Waals surface area contributed by atoms with Crippen LogP contribution in [0, 0.1) is 5.92 Å². The second-order valence-corrected chi connectivity index (χ2v) is 5.03. The van der Waals surface area contributed by atoms with Crippen LogP contribution < -0.4 is 0 Å². The number of aliphatic carboxylic acids is 1. The van der Waals surface area contributed by atoms with Gasteiger partial charge >= 0.3 is 5.97 Å². The van der Waals surface area contributed by atoms with Crippen molar-refractivity contribution >= 4 is 17.7 Å². The molecule has 0 bridgehead atoms. The Balaban J connectivity index is 2.13. The predicted octanol–water partition coefficient (Wildman–Crippen LogP) is 1.60. The lowest BCUT2D eigenvalue weighted by atomic mass is 10.3. The minimum atomic E-state index is -0.822. The molecular weight excluding hydrogens is 226 g/mol. The molecule has 1 aliphatic rings. The summed E-state index contributed by atoms with van der Waals surface area (Å²) in [5.41, 5.74) is 0. The smallest absolute Gasteiger partial charge is 0.313 e. The van der Waals surface area contributed by atoms with Crippen molar-refractivity contribution < 1.29 is 9.90 Å². The number of carboxylic acid groups (broad SMARTS) is 1. The highest BCUT2D eigenvalue weighted by Gasteiger charge is 2.38. The van der Waals surface area contributed by atoms with E-state index in [9.17, 15) is 4.79 Å². The van der Waals surface area contributed by atoms with Gasteiger partial charge in [-0.3, -0.25) is 4.79 Å². The molecule has 88 valence electrons. The van der Waals surface area contributed by atoms with E-state index in [2.05, 4.69) is 17.1 Å². The monoisotopic (exact) mass is 241 g/mol. The number of hydrogen-bond donors (Lipinski definition) is 1. The lowest BCUT2D eigenvalue weighted by Gasteiger charge is -2.05. The van der Waals surface area contributed by atoms with Crippen LogP contribution in [-0.2, 0) is 11.3 Å². The topological polar surface area (TPSA) is 68.0 Å². The van der Waals surface area contributed by atoms with E-state index >= 15 is 0 Å². The zero-order valence-electron chi connectivity index (χ0n) is 9.38. The third-order valence-electron chi connectivity index (χ3n) is 2.83. The Kier molecular flexibility index (Phi) is 3.18. The normalized spacial score (nSPS) is 23.4. The van der Waals surface area contributed by atoms with Crippen LogP contribution in [0.2, 0.25) is 0 Å². The summed E-state index contributed by atoms with van der Waals surface area (Å²) in [4.78, 5) is 10.5. The molecule has 1 saturated carbocycles. The van der Waals surface area contributed by atoms with Crippen molar-refractivity contribution in [3.8, 4) is 0 Å². The van der Waals surface area contributed by atoms with Crippen LogP contribution in [0.4, 0.5) is 0 Å². The van der Waals surface area contributed by atoms with Crippen LogP contribution in [0.3, 0.4) is 0 Å². The number of rotatable bonds is 5. The van der Waals surface area contributed by atoms with Crippen LogP contribution in [-0.4, -0.2) is 31.6 Å². The molecule has 1 heterocycles. The number of carboxylic acids is 1. The first kappa shape index (κ1) is 11.4. The minimum absolute atomic E-state index is 0.0400. The van der Waals surface area contributed by atoms with Gasteiger partial charge in [0.1, 0.15) is 5.82 Å². The van der Waals surface area contributed by atoms with Crippen LogP contribution >= 0.6 is 11.8 Å². The Morgan fingerprint density at radius 3 is 2.81 bits per heavy atom. The molecule has 1 aromatic rings. The molecule has 0 amide bonds. The van der Waals surface area contributed by atoms with E-state index in [-0.39, 0.29) is 5.75 Å². The largest absolute Gasteiger partial charge is 0.481 e. The molecule has 5 nitrogen and oxygen atoms in total. The Bertz CT molecular complexity index is 405. The molecule has 1 aromatic heterocycles. The van der Waals surface area contributed by atoms with E-state index in [0.29, 0.717) is 11.8 Å². The molecule has 1 aliphatic carbocycles. The molecule has 1 N–H and O–H groups in total. The second kappa shape index (κ2) is 4.45. The number of hydrogen-bond acceptors (Lipinski definition) is 4. The van der Waals surface area contributed by atoms with Gasteiger partial charge in [-0.05, 0) is 19.3 Å². The minimum Gasteiger partial charge on any atom is -0.481 e. The summed E-state index contributed by atoms with van der Waals surface area (Å²) < 4.78 is 2.03. The highest BCUT2D eigenvalue weighted by atomic mass is 32.2. The number of thioether (sulfide) groups is 1. The average molecular weight is 241 g/mol. The van der Waals surface area contributed by atoms with Gasteiger partial charge in [0.25, 0.3) is 0 Å². The second-order valence-electron chi connectivity index (χ2n) is 4.09. The van der Waals surface area contributed by atoms with Gasteiger partial charge in [-0.15, -0.1) is 10.2 Å². The Hall–Kier alpha value is -1.04. The zero-order chi connectivity index (χ0) is 11.7. The van der Waals surface area contributed by atoms with E-state index < -0.39 is 5.97 Å². The molecule has 0 radical (unpaired) electrons. The highest BCUT2D eigenvalue weighted by molar-refractivity contribution is 7.99. The third kappa shape index (κ3) is 2.21. The van der Waals surface area contributed by atoms with Crippen molar-refractivity contribution in [1.29, 1.82) is 0 Å². The summed E-state index contributed by atoms with van der Waals surface area (Å²) in [6.07, 6.45) is 1.17. The van der Waals surface area contributed by atoms with Gasteiger partial charge in [-0.2, -0.15) is 0 Å². The first-order valence-corrected chi connectivity index (χ1v) is 6.39. The summed E-state index contributed by atoms with van der Waals surface area (Å²) >= 11 is 1.24. The van der Waals surface area contributed by atoms with Gasteiger partial charge in [-0.1, -0.05) is 18.7 Å². The van der Waals surface area contributed by atoms with Crippen LogP contribution in [0.5, 0.6) is 0 Å². The van der Waals surface area contributed by atoms with E-state index in [0.717, 1.165) is 17.5 Å². The van der Waals surface area contributed by atoms with E-state index in [1.165, 1.54) is 18.2 Å². The quantitative estimate of drug-likeness (QED) is 0.793. The summed E-state index contributed by atoms with van der Waals surface area (Å²) in [6.45, 7) is 5.03. The fourth-order valence-electron chi connectivity index (χ4n) is 1.79. The van der Waals surface area contributed by atoms with Crippen LogP contribution in [0.1, 0.15) is 32.0 Å². The number of carbonyl (C=O) groups is 1. The van der Waals surface area contributed by atoms with Gasteiger partial charge in [0.2, 0.25) is 0 Å². The van der Waals surface area contributed by atoms with Crippen molar-refractivity contribution in [3.05, 3.63) is 5.82 Å². The first-order chi connectivity index (χ1) is 7.63. The maximum atomic E-state index is 10.5. The van der Waals surface area contributed by atoms with Crippen molar-refractivity contribution in [3.63, 3.8) is 0 Å². The summed E-state index contributed by atoms with van der Waals surface area (Å²) in [7, 11) is 0. The van der Waals surface area contributed by atoms with Crippen molar-refractivity contribution in [2.45, 2.75) is 37.9 Å². The molecular formula is C10H15N3O2S. The number of aromatic nitrogens is 3. The standard InChI is InChI=1S/C10H15N3O2S/c1-3-13-9(7-4-6(7)2)11-12-10(13)16-5-8(14)15/h6-7H,3-5H2,1-2H3,(H,14,15). The SMILES string of the molecule is CCn1c(SCC(=O)O)nnc1C1CC1C. The summed E-state index contributed by atoms with van der Waals surface area (Å²) in [5, 5.41) is 17.6. The highest BCUT2D eigenvalue weighted by Crippen LogP contribution is 2.46. The van der Waals surface area contributed by atoms with Gasteiger partial charge in [0, 0.05) is 12.5 Å². The lowest BCUT2D eigenvalue weighted by molar-refractivity contribution is -0.133. The first-order valence-electron chi connectivity index (χ1n) is 5.41. The third-order valence-corrected chi connectivity index (χ3v) is 3.78. The molecule has 16 heavy (non-hydrogen) atoms. The van der Waals surface area contributed by atoms with Crippen molar-refractivity contribution in [2.24, 2.45) is 5.92 Å². The predicted molar refractivity (Wildman–Crippen MR) is 60.6 cm³/mol. The lowest BCUT2D eigenvalue weighted by Crippen LogP contribution is -2.05. The molecule has 2 unspecified atom stereocenters. The number of nitrogens with zero attached hydrogens (tertiary/aromatic N) is 3. The fraction of sp³-hybridized carbons (Fsp3) is 0.700. The molecule has 2 rings (SSSR count). The molecule has 0 aliphatic heterocycles. The Morgan fingerprint density at radius 1 is 1.62 bits per heavy atom. The van der Waals surface area contributed by atoms with Crippen molar-refractivity contribution in [1.82, 2.24) is 14.8 Å². The summed E-state index contributed by atoms with van der Waals surface area (Å²) in [6, 6.07) is 0. The average Bonchev–Trinajstić information content (AvgIpc) is 2.81. The molecule has 0 spiro atoms. The van der Waals surface area contributed by atoms with Gasteiger partial charge in [0.15, 0.2) is 5.16 Å². The van der Waals surface area contributed by atoms with E-state index in [1.807, 2.05) is 11.5 Å². The Labute approximate surface area is 98.3 Å². The summed E-state index contributed by atoms with van der Waals surface area (Å²) in [5.74, 6) is 1.44. The van der Waals surface area contributed by atoms with Crippen LogP contribution in [0.25, 0.3) is 0 Å².